The maximum Gasteiger partial charge on any atom is 0.263 e. The molecule has 96 valence electrons. The summed E-state index contributed by atoms with van der Waals surface area (Å²) in [4.78, 5) is 12.3. The second-order valence-electron chi connectivity index (χ2n) is 4.29. The molecule has 3 rings (SSSR count). The number of benzene rings is 1. The minimum atomic E-state index is -0.137. The van der Waals surface area contributed by atoms with Crippen LogP contribution in [0.2, 0.25) is 0 Å². The van der Waals surface area contributed by atoms with Crippen LogP contribution >= 0.6 is 24.0 Å². The van der Waals surface area contributed by atoms with Crippen LogP contribution in [0, 0.1) is 0 Å². The van der Waals surface area contributed by atoms with Gasteiger partial charge in [-0.1, -0.05) is 42.2 Å². The third-order valence-electron chi connectivity index (χ3n) is 2.95. The van der Waals surface area contributed by atoms with E-state index < -0.39 is 0 Å². The molecule has 0 spiro atoms. The van der Waals surface area contributed by atoms with E-state index in [9.17, 15) is 4.79 Å². The van der Waals surface area contributed by atoms with E-state index >= 15 is 0 Å². The molecule has 1 aromatic carbocycles. The molecule has 0 saturated carbocycles. The first-order chi connectivity index (χ1) is 9.13. The average Bonchev–Trinajstić information content (AvgIpc) is 2.69. The van der Waals surface area contributed by atoms with Gasteiger partial charge in [0.15, 0.2) is 0 Å². The highest BCUT2D eigenvalue weighted by Crippen LogP contribution is 2.32. The first kappa shape index (κ1) is 12.4. The van der Waals surface area contributed by atoms with E-state index in [0.29, 0.717) is 9.23 Å². The summed E-state index contributed by atoms with van der Waals surface area (Å²) in [7, 11) is 0. The number of carbonyl (C=O) groups is 1. The molecule has 1 saturated heterocycles. The van der Waals surface area contributed by atoms with Gasteiger partial charge in [-0.05, 0) is 30.7 Å². The number of thioether (sulfide) groups is 1. The minimum Gasteiger partial charge on any atom is -0.485 e. The molecule has 5 heteroatoms. The lowest BCUT2D eigenvalue weighted by Gasteiger charge is -2.22. The van der Waals surface area contributed by atoms with Gasteiger partial charge < -0.3 is 10.1 Å². The molecular weight excluding hydrogens is 278 g/mol. The van der Waals surface area contributed by atoms with Crippen LogP contribution in [0.3, 0.4) is 0 Å². The van der Waals surface area contributed by atoms with Crippen molar-refractivity contribution in [2.45, 2.75) is 13.0 Å². The fourth-order valence-electron chi connectivity index (χ4n) is 1.99. The Morgan fingerprint density at radius 1 is 1.42 bits per heavy atom. The number of ether oxygens (including phenoxy) is 1. The van der Waals surface area contributed by atoms with Crippen molar-refractivity contribution in [2.24, 2.45) is 0 Å². The number of fused-ring (bicyclic) bond motifs is 1. The number of amides is 1. The number of para-hydroxylation sites is 1. The van der Waals surface area contributed by atoms with Gasteiger partial charge in [0.1, 0.15) is 16.2 Å². The molecule has 1 amide bonds. The van der Waals surface area contributed by atoms with Gasteiger partial charge in [-0.15, -0.1) is 0 Å². The van der Waals surface area contributed by atoms with Crippen LogP contribution < -0.4 is 10.1 Å². The van der Waals surface area contributed by atoms with Gasteiger partial charge in [-0.25, -0.2) is 0 Å². The van der Waals surface area contributed by atoms with Crippen LogP contribution in [-0.4, -0.2) is 16.3 Å². The molecule has 2 heterocycles. The summed E-state index contributed by atoms with van der Waals surface area (Å²) in [6, 6.07) is 7.85. The Bertz CT molecular complexity index is 634. The van der Waals surface area contributed by atoms with Crippen molar-refractivity contribution in [3.8, 4) is 5.75 Å². The van der Waals surface area contributed by atoms with E-state index in [4.69, 9.17) is 17.0 Å². The fraction of sp³-hybridized carbons (Fsp3) is 0.143. The third kappa shape index (κ3) is 2.43. The van der Waals surface area contributed by atoms with Crippen molar-refractivity contribution >= 4 is 40.3 Å². The molecule has 2 aliphatic rings. The molecule has 0 aromatic heterocycles. The molecule has 1 atom stereocenters. The van der Waals surface area contributed by atoms with E-state index in [-0.39, 0.29) is 12.0 Å². The maximum absolute atomic E-state index is 11.7. The van der Waals surface area contributed by atoms with Gasteiger partial charge in [-0.3, -0.25) is 4.79 Å². The topological polar surface area (TPSA) is 38.3 Å². The summed E-state index contributed by atoms with van der Waals surface area (Å²) in [5.74, 6) is 0.734. The molecule has 1 aromatic rings. The predicted molar refractivity (Wildman–Crippen MR) is 80.9 cm³/mol. The van der Waals surface area contributed by atoms with E-state index in [2.05, 4.69) is 5.32 Å². The van der Waals surface area contributed by atoms with Crippen molar-refractivity contribution in [1.82, 2.24) is 5.32 Å². The number of rotatable bonds is 1. The van der Waals surface area contributed by atoms with Gasteiger partial charge in [0.05, 0.1) is 4.91 Å². The Morgan fingerprint density at radius 2 is 2.21 bits per heavy atom. The smallest absolute Gasteiger partial charge is 0.263 e. The summed E-state index contributed by atoms with van der Waals surface area (Å²) in [6.45, 7) is 1.97. The summed E-state index contributed by atoms with van der Waals surface area (Å²) >= 11 is 6.26. The van der Waals surface area contributed by atoms with Crippen molar-refractivity contribution in [2.75, 3.05) is 0 Å². The summed E-state index contributed by atoms with van der Waals surface area (Å²) in [6.07, 6.45) is 3.82. The van der Waals surface area contributed by atoms with Crippen LogP contribution in [0.15, 0.2) is 40.8 Å². The standard InChI is InChI=1S/C14H11NO2S2/c1-8-10(7-12-13(16)15-14(18)19-12)6-9-4-2-3-5-11(9)17-8/h2-8H,1H3,(H,15,16,18)/b12-7-/t8-/m0/s1. The highest BCUT2D eigenvalue weighted by atomic mass is 32.2. The van der Waals surface area contributed by atoms with Crippen LogP contribution in [0.5, 0.6) is 5.75 Å². The first-order valence-electron chi connectivity index (χ1n) is 5.85. The number of nitrogens with one attached hydrogen (secondary N) is 1. The third-order valence-corrected chi connectivity index (χ3v) is 4.12. The van der Waals surface area contributed by atoms with Crippen LogP contribution in [0.1, 0.15) is 12.5 Å². The normalized spacial score (nSPS) is 23.7. The van der Waals surface area contributed by atoms with Crippen molar-refractivity contribution in [1.29, 1.82) is 0 Å². The lowest BCUT2D eigenvalue weighted by molar-refractivity contribution is -0.115. The second-order valence-corrected chi connectivity index (χ2v) is 6.01. The van der Waals surface area contributed by atoms with Crippen LogP contribution in [-0.2, 0) is 4.79 Å². The number of thiocarbonyl (C=S) groups is 1. The van der Waals surface area contributed by atoms with E-state index in [1.807, 2.05) is 43.3 Å². The van der Waals surface area contributed by atoms with Crippen LogP contribution in [0.4, 0.5) is 0 Å². The highest BCUT2D eigenvalue weighted by molar-refractivity contribution is 8.26. The molecular formula is C14H11NO2S2. The van der Waals surface area contributed by atoms with E-state index in [1.165, 1.54) is 11.8 Å². The molecule has 0 radical (unpaired) electrons. The molecule has 3 nitrogen and oxygen atoms in total. The Balaban J connectivity index is 1.97. The van der Waals surface area contributed by atoms with Gasteiger partial charge in [0.25, 0.3) is 5.91 Å². The van der Waals surface area contributed by atoms with Crippen molar-refractivity contribution in [3.05, 3.63) is 46.4 Å². The van der Waals surface area contributed by atoms with Gasteiger partial charge in [-0.2, -0.15) is 0 Å². The van der Waals surface area contributed by atoms with Crippen molar-refractivity contribution in [3.63, 3.8) is 0 Å². The fourth-order valence-corrected chi connectivity index (χ4v) is 3.04. The summed E-state index contributed by atoms with van der Waals surface area (Å²) in [5, 5.41) is 2.61. The minimum absolute atomic E-state index is 0.0787. The quantitative estimate of drug-likeness (QED) is 0.637. The Kier molecular flexibility index (Phi) is 3.16. The Hall–Kier alpha value is -1.59. The largest absolute Gasteiger partial charge is 0.485 e. The number of hydrogen-bond acceptors (Lipinski definition) is 4. The predicted octanol–water partition coefficient (Wildman–Crippen LogP) is 2.88. The average molecular weight is 289 g/mol. The molecule has 1 N–H and O–H groups in total. The lowest BCUT2D eigenvalue weighted by Crippen LogP contribution is -2.20. The Labute approximate surface area is 120 Å². The number of hydrogen-bond donors (Lipinski definition) is 1. The number of carbonyl (C=O) groups excluding carboxylic acids is 1. The van der Waals surface area contributed by atoms with Crippen molar-refractivity contribution < 1.29 is 9.53 Å². The summed E-state index contributed by atoms with van der Waals surface area (Å²) in [5.41, 5.74) is 2.00. The summed E-state index contributed by atoms with van der Waals surface area (Å²) < 4.78 is 6.33. The zero-order valence-corrected chi connectivity index (χ0v) is 11.8. The van der Waals surface area contributed by atoms with Gasteiger partial charge >= 0.3 is 0 Å². The van der Waals surface area contributed by atoms with Gasteiger partial charge in [0.2, 0.25) is 0 Å². The molecule has 0 unspecified atom stereocenters. The Morgan fingerprint density at radius 3 is 2.95 bits per heavy atom. The zero-order chi connectivity index (χ0) is 13.4. The first-order valence-corrected chi connectivity index (χ1v) is 7.08. The molecule has 19 heavy (non-hydrogen) atoms. The monoisotopic (exact) mass is 289 g/mol. The van der Waals surface area contributed by atoms with E-state index in [0.717, 1.165) is 16.9 Å². The molecule has 2 aliphatic heterocycles. The SMILES string of the molecule is C[C@@H]1Oc2ccccc2C=C1/C=C1\SC(=S)NC1=O. The lowest BCUT2D eigenvalue weighted by atomic mass is 10.0. The molecule has 0 aliphatic carbocycles. The zero-order valence-electron chi connectivity index (χ0n) is 10.2. The highest BCUT2D eigenvalue weighted by Gasteiger charge is 2.24. The molecule has 1 fully saturated rings. The second kappa shape index (κ2) is 4.83. The van der Waals surface area contributed by atoms with Crippen LogP contribution in [0.25, 0.3) is 6.08 Å². The van der Waals surface area contributed by atoms with E-state index in [1.54, 1.807) is 0 Å². The molecule has 0 bridgehead atoms. The van der Waals surface area contributed by atoms with Gasteiger partial charge in [0, 0.05) is 5.56 Å². The maximum atomic E-state index is 11.7.